The second kappa shape index (κ2) is 7.44. The molecule has 0 atom stereocenters. The first kappa shape index (κ1) is 17.7. The number of halogens is 1. The molecule has 0 aliphatic heterocycles. The van der Waals surface area contributed by atoms with Gasteiger partial charge in [0.1, 0.15) is 6.54 Å². The Morgan fingerprint density at radius 2 is 1.92 bits per heavy atom. The Balaban J connectivity index is 1.67. The van der Waals surface area contributed by atoms with Crippen LogP contribution < -0.4 is 5.32 Å². The van der Waals surface area contributed by atoms with E-state index in [1.807, 2.05) is 48.7 Å². The summed E-state index contributed by atoms with van der Waals surface area (Å²) >= 11 is 3.43. The SMILES string of the molecule is Cc1cc(C(=O)NCC(=O)OCC2CC2)c(C)n1-c1ccc(Br)cc1. The summed E-state index contributed by atoms with van der Waals surface area (Å²) in [5, 5.41) is 2.65. The summed E-state index contributed by atoms with van der Waals surface area (Å²) in [5.41, 5.74) is 3.35. The molecule has 0 radical (unpaired) electrons. The Hall–Kier alpha value is -2.08. The van der Waals surface area contributed by atoms with E-state index < -0.39 is 0 Å². The van der Waals surface area contributed by atoms with E-state index in [1.165, 1.54) is 0 Å². The van der Waals surface area contributed by atoms with E-state index in [-0.39, 0.29) is 18.4 Å². The molecule has 0 spiro atoms. The molecule has 1 saturated carbocycles. The molecule has 1 fully saturated rings. The van der Waals surface area contributed by atoms with Crippen LogP contribution in [0.5, 0.6) is 0 Å². The van der Waals surface area contributed by atoms with Gasteiger partial charge in [0.05, 0.1) is 12.2 Å². The number of carbonyl (C=O) groups excluding carboxylic acids is 2. The van der Waals surface area contributed by atoms with Gasteiger partial charge >= 0.3 is 5.97 Å². The van der Waals surface area contributed by atoms with Crippen molar-refractivity contribution in [1.82, 2.24) is 9.88 Å². The monoisotopic (exact) mass is 404 g/mol. The standard InChI is InChI=1S/C19H21BrN2O3/c1-12-9-17(13(2)22(12)16-7-5-15(20)6-8-16)19(24)21-10-18(23)25-11-14-3-4-14/h5-9,14H,3-4,10-11H2,1-2H3,(H,21,24). The number of nitrogens with zero attached hydrogens (tertiary/aromatic N) is 1. The zero-order chi connectivity index (χ0) is 18.0. The van der Waals surface area contributed by atoms with Crippen LogP contribution in [0, 0.1) is 19.8 Å². The summed E-state index contributed by atoms with van der Waals surface area (Å²) in [4.78, 5) is 24.1. The third-order valence-corrected chi connectivity index (χ3v) is 4.86. The molecular formula is C19H21BrN2O3. The fraction of sp³-hybridized carbons (Fsp3) is 0.368. The van der Waals surface area contributed by atoms with Gasteiger partial charge in [-0.1, -0.05) is 15.9 Å². The van der Waals surface area contributed by atoms with Crippen LogP contribution in [0.1, 0.15) is 34.6 Å². The van der Waals surface area contributed by atoms with Crippen LogP contribution >= 0.6 is 15.9 Å². The zero-order valence-corrected chi connectivity index (χ0v) is 15.9. The lowest BCUT2D eigenvalue weighted by Crippen LogP contribution is -2.31. The molecule has 132 valence electrons. The Morgan fingerprint density at radius 1 is 1.24 bits per heavy atom. The van der Waals surface area contributed by atoms with Gasteiger partial charge in [-0.05, 0) is 62.9 Å². The summed E-state index contributed by atoms with van der Waals surface area (Å²) < 4.78 is 8.15. The van der Waals surface area contributed by atoms with Gasteiger partial charge in [0.15, 0.2) is 0 Å². The number of esters is 1. The Morgan fingerprint density at radius 3 is 2.56 bits per heavy atom. The Labute approximate surface area is 155 Å². The summed E-state index contributed by atoms with van der Waals surface area (Å²) in [6.07, 6.45) is 2.25. The van der Waals surface area contributed by atoms with Crippen molar-refractivity contribution in [2.45, 2.75) is 26.7 Å². The predicted molar refractivity (Wildman–Crippen MR) is 99.0 cm³/mol. The van der Waals surface area contributed by atoms with Crippen molar-refractivity contribution in [1.29, 1.82) is 0 Å². The molecule has 0 saturated heterocycles. The molecule has 1 aromatic carbocycles. The maximum Gasteiger partial charge on any atom is 0.325 e. The summed E-state index contributed by atoms with van der Waals surface area (Å²) in [6.45, 7) is 4.21. The zero-order valence-electron chi connectivity index (χ0n) is 14.3. The first-order chi connectivity index (χ1) is 12.0. The lowest BCUT2D eigenvalue weighted by molar-refractivity contribution is -0.142. The fourth-order valence-electron chi connectivity index (χ4n) is 2.77. The van der Waals surface area contributed by atoms with Crippen LogP contribution in [0.25, 0.3) is 5.69 Å². The second-order valence-corrected chi connectivity index (χ2v) is 7.32. The normalized spacial score (nSPS) is 13.6. The number of benzene rings is 1. The van der Waals surface area contributed by atoms with E-state index in [1.54, 1.807) is 0 Å². The van der Waals surface area contributed by atoms with Crippen molar-refractivity contribution < 1.29 is 14.3 Å². The Kier molecular flexibility index (Phi) is 5.27. The minimum Gasteiger partial charge on any atom is -0.464 e. The number of amides is 1. The number of ether oxygens (including phenoxy) is 1. The van der Waals surface area contributed by atoms with Gasteiger partial charge in [0, 0.05) is 21.5 Å². The minimum atomic E-state index is -0.387. The lowest BCUT2D eigenvalue weighted by atomic mass is 10.2. The van der Waals surface area contributed by atoms with Crippen molar-refractivity contribution in [3.63, 3.8) is 0 Å². The van der Waals surface area contributed by atoms with Crippen molar-refractivity contribution in [2.24, 2.45) is 5.92 Å². The molecule has 1 aliphatic carbocycles. The van der Waals surface area contributed by atoms with E-state index in [2.05, 4.69) is 21.2 Å². The molecule has 0 unspecified atom stereocenters. The molecule has 1 amide bonds. The van der Waals surface area contributed by atoms with Gasteiger partial charge in [-0.3, -0.25) is 9.59 Å². The van der Waals surface area contributed by atoms with Crippen LogP contribution in [0.3, 0.4) is 0 Å². The highest BCUT2D eigenvalue weighted by Gasteiger charge is 2.23. The first-order valence-corrected chi connectivity index (χ1v) is 9.13. The molecule has 25 heavy (non-hydrogen) atoms. The second-order valence-electron chi connectivity index (χ2n) is 6.41. The van der Waals surface area contributed by atoms with Crippen molar-refractivity contribution in [2.75, 3.05) is 13.2 Å². The van der Waals surface area contributed by atoms with Crippen molar-refractivity contribution in [3.05, 3.63) is 51.8 Å². The minimum absolute atomic E-state index is 0.104. The fourth-order valence-corrected chi connectivity index (χ4v) is 3.04. The molecule has 1 aromatic heterocycles. The van der Waals surface area contributed by atoms with Crippen LogP contribution in [0.15, 0.2) is 34.8 Å². The summed E-state index contributed by atoms with van der Waals surface area (Å²) in [6, 6.07) is 9.73. The van der Waals surface area contributed by atoms with E-state index in [0.29, 0.717) is 18.1 Å². The molecule has 1 aliphatic rings. The largest absolute Gasteiger partial charge is 0.464 e. The van der Waals surface area contributed by atoms with E-state index in [9.17, 15) is 9.59 Å². The van der Waals surface area contributed by atoms with Crippen molar-refractivity contribution in [3.8, 4) is 5.69 Å². The maximum absolute atomic E-state index is 12.4. The van der Waals surface area contributed by atoms with Gasteiger partial charge in [-0.25, -0.2) is 0 Å². The smallest absolute Gasteiger partial charge is 0.325 e. The lowest BCUT2D eigenvalue weighted by Gasteiger charge is -2.10. The van der Waals surface area contributed by atoms with E-state index in [0.717, 1.165) is 34.4 Å². The van der Waals surface area contributed by atoms with Gasteiger partial charge < -0.3 is 14.6 Å². The summed E-state index contributed by atoms with van der Waals surface area (Å²) in [5.74, 6) is -0.133. The highest BCUT2D eigenvalue weighted by atomic mass is 79.9. The summed E-state index contributed by atoms with van der Waals surface area (Å²) in [7, 11) is 0. The highest BCUT2D eigenvalue weighted by Crippen LogP contribution is 2.28. The molecule has 1 heterocycles. The van der Waals surface area contributed by atoms with Gasteiger partial charge in [-0.2, -0.15) is 0 Å². The van der Waals surface area contributed by atoms with Gasteiger partial charge in [-0.15, -0.1) is 0 Å². The topological polar surface area (TPSA) is 60.3 Å². The molecule has 6 heteroatoms. The average molecular weight is 405 g/mol. The Bertz CT molecular complexity index is 792. The van der Waals surface area contributed by atoms with Crippen LogP contribution in [0.2, 0.25) is 0 Å². The van der Waals surface area contributed by atoms with Gasteiger partial charge in [0.25, 0.3) is 5.91 Å². The molecular weight excluding hydrogens is 384 g/mol. The number of hydrogen-bond donors (Lipinski definition) is 1. The van der Waals surface area contributed by atoms with Crippen LogP contribution in [0.4, 0.5) is 0 Å². The van der Waals surface area contributed by atoms with E-state index in [4.69, 9.17) is 4.74 Å². The number of carbonyl (C=O) groups is 2. The molecule has 2 aromatic rings. The first-order valence-electron chi connectivity index (χ1n) is 8.34. The third kappa shape index (κ3) is 4.31. The van der Waals surface area contributed by atoms with Crippen LogP contribution in [-0.2, 0) is 9.53 Å². The van der Waals surface area contributed by atoms with E-state index >= 15 is 0 Å². The third-order valence-electron chi connectivity index (χ3n) is 4.33. The van der Waals surface area contributed by atoms with Crippen molar-refractivity contribution >= 4 is 27.8 Å². The molecule has 0 bridgehead atoms. The number of aryl methyl sites for hydroxylation is 1. The molecule has 5 nitrogen and oxygen atoms in total. The number of hydrogen-bond acceptors (Lipinski definition) is 3. The molecule has 3 rings (SSSR count). The average Bonchev–Trinajstić information content (AvgIpc) is 3.37. The predicted octanol–water partition coefficient (Wildman–Crippen LogP) is 3.54. The number of nitrogens with one attached hydrogen (secondary N) is 1. The number of rotatable bonds is 6. The number of aromatic nitrogens is 1. The van der Waals surface area contributed by atoms with Gasteiger partial charge in [0.2, 0.25) is 0 Å². The maximum atomic E-state index is 12.4. The highest BCUT2D eigenvalue weighted by molar-refractivity contribution is 9.10. The molecule has 1 N–H and O–H groups in total. The quantitative estimate of drug-likeness (QED) is 0.748. The van der Waals surface area contributed by atoms with Crippen LogP contribution in [-0.4, -0.2) is 29.6 Å².